The standard InChI is InChI=1S/C25H33ClN4O5/c1-19-13-21(4-5-22(19)26)34-18-25(14-24(32)29-7-10-33-11-8-29)17-30(9-12-35-25)23(31)6-3-20-15-27-28(2)16-20/h4-5,13,15-16H,3,6-12,14,17-18H2,1-2H3/t25-/m0/s1. The maximum atomic E-state index is 13.2. The number of carbonyl (C=O) groups excluding carboxylic acids is 2. The van der Waals surface area contributed by atoms with Gasteiger partial charge < -0.3 is 24.0 Å². The topological polar surface area (TPSA) is 86.1 Å². The summed E-state index contributed by atoms with van der Waals surface area (Å²) in [5, 5.41) is 4.83. The van der Waals surface area contributed by atoms with Gasteiger partial charge in [-0.2, -0.15) is 5.10 Å². The van der Waals surface area contributed by atoms with Crippen LogP contribution in [0.1, 0.15) is 24.0 Å². The van der Waals surface area contributed by atoms with Gasteiger partial charge >= 0.3 is 0 Å². The van der Waals surface area contributed by atoms with E-state index < -0.39 is 5.60 Å². The molecule has 0 unspecified atom stereocenters. The summed E-state index contributed by atoms with van der Waals surface area (Å²) in [7, 11) is 1.86. The molecule has 190 valence electrons. The van der Waals surface area contributed by atoms with Gasteiger partial charge in [-0.25, -0.2) is 0 Å². The van der Waals surface area contributed by atoms with Gasteiger partial charge in [-0.1, -0.05) is 11.6 Å². The number of morpholine rings is 2. The smallest absolute Gasteiger partial charge is 0.225 e. The number of carbonyl (C=O) groups is 2. The Morgan fingerprint density at radius 1 is 1.14 bits per heavy atom. The average molecular weight is 505 g/mol. The highest BCUT2D eigenvalue weighted by Crippen LogP contribution is 2.28. The van der Waals surface area contributed by atoms with Crippen molar-refractivity contribution in [2.24, 2.45) is 7.05 Å². The third-order valence-corrected chi connectivity index (χ3v) is 6.88. The van der Waals surface area contributed by atoms with Gasteiger partial charge in [0.15, 0.2) is 0 Å². The Morgan fingerprint density at radius 2 is 1.91 bits per heavy atom. The van der Waals surface area contributed by atoms with Crippen LogP contribution in [0.4, 0.5) is 0 Å². The molecule has 35 heavy (non-hydrogen) atoms. The highest BCUT2D eigenvalue weighted by Gasteiger charge is 2.42. The second kappa shape index (κ2) is 11.4. The molecule has 0 bridgehead atoms. The molecule has 4 rings (SSSR count). The highest BCUT2D eigenvalue weighted by atomic mass is 35.5. The van der Waals surface area contributed by atoms with E-state index in [2.05, 4.69) is 5.10 Å². The van der Waals surface area contributed by atoms with Gasteiger partial charge in [-0.05, 0) is 42.7 Å². The van der Waals surface area contributed by atoms with Crippen LogP contribution in [-0.2, 0) is 32.5 Å². The third kappa shape index (κ3) is 6.74. The Morgan fingerprint density at radius 3 is 2.63 bits per heavy atom. The van der Waals surface area contributed by atoms with E-state index >= 15 is 0 Å². The van der Waals surface area contributed by atoms with E-state index in [0.29, 0.717) is 69.6 Å². The molecule has 0 saturated carbocycles. The van der Waals surface area contributed by atoms with Crippen molar-refractivity contribution in [3.8, 4) is 5.75 Å². The van der Waals surface area contributed by atoms with E-state index in [0.717, 1.165) is 11.1 Å². The van der Waals surface area contributed by atoms with Crippen LogP contribution >= 0.6 is 11.6 Å². The van der Waals surface area contributed by atoms with Crippen molar-refractivity contribution < 1.29 is 23.8 Å². The van der Waals surface area contributed by atoms with Crippen LogP contribution < -0.4 is 4.74 Å². The number of amides is 2. The summed E-state index contributed by atoms with van der Waals surface area (Å²) in [6.07, 6.45) is 4.81. The lowest BCUT2D eigenvalue weighted by molar-refractivity contribution is -0.167. The van der Waals surface area contributed by atoms with Crippen LogP contribution in [0.5, 0.6) is 5.75 Å². The Hall–Kier alpha value is -2.62. The summed E-state index contributed by atoms with van der Waals surface area (Å²) in [5.74, 6) is 0.658. The lowest BCUT2D eigenvalue weighted by Crippen LogP contribution is -2.58. The van der Waals surface area contributed by atoms with Crippen molar-refractivity contribution in [1.29, 1.82) is 0 Å². The van der Waals surface area contributed by atoms with E-state index in [1.165, 1.54) is 0 Å². The number of halogens is 1. The van der Waals surface area contributed by atoms with Gasteiger partial charge in [0.05, 0.1) is 39.0 Å². The summed E-state index contributed by atoms with van der Waals surface area (Å²) in [5.41, 5.74) is 0.981. The van der Waals surface area contributed by atoms with Gasteiger partial charge in [-0.15, -0.1) is 0 Å². The first-order valence-corrected chi connectivity index (χ1v) is 12.4. The molecule has 1 aromatic carbocycles. The minimum absolute atomic E-state index is 0.0196. The number of aromatic nitrogens is 2. The number of hydrogen-bond donors (Lipinski definition) is 0. The van der Waals surface area contributed by atoms with E-state index in [1.54, 1.807) is 32.8 Å². The number of aryl methyl sites for hydroxylation is 3. The molecule has 2 saturated heterocycles. The van der Waals surface area contributed by atoms with Gasteiger partial charge in [-0.3, -0.25) is 14.3 Å². The van der Waals surface area contributed by atoms with E-state index in [1.807, 2.05) is 26.2 Å². The maximum Gasteiger partial charge on any atom is 0.225 e. The largest absolute Gasteiger partial charge is 0.490 e. The Kier molecular flexibility index (Phi) is 8.30. The first-order valence-electron chi connectivity index (χ1n) is 12.0. The molecule has 2 aliphatic rings. The summed E-state index contributed by atoms with van der Waals surface area (Å²) in [4.78, 5) is 29.9. The zero-order valence-electron chi connectivity index (χ0n) is 20.4. The molecule has 3 heterocycles. The molecular weight excluding hydrogens is 472 g/mol. The Labute approximate surface area is 210 Å². The molecule has 2 aliphatic heterocycles. The monoisotopic (exact) mass is 504 g/mol. The van der Waals surface area contributed by atoms with Gasteiger partial charge in [0.2, 0.25) is 11.8 Å². The first kappa shape index (κ1) is 25.5. The summed E-state index contributed by atoms with van der Waals surface area (Å²) in [6.45, 7) is 5.35. The summed E-state index contributed by atoms with van der Waals surface area (Å²) in [6, 6.07) is 5.44. The average Bonchev–Trinajstić information content (AvgIpc) is 3.29. The van der Waals surface area contributed by atoms with Crippen LogP contribution in [0.2, 0.25) is 5.02 Å². The molecule has 2 aromatic rings. The fourth-order valence-electron chi connectivity index (χ4n) is 4.44. The summed E-state index contributed by atoms with van der Waals surface area (Å²) < 4.78 is 19.4. The minimum atomic E-state index is -0.939. The highest BCUT2D eigenvalue weighted by molar-refractivity contribution is 6.31. The molecule has 1 aromatic heterocycles. The Bertz CT molecular complexity index is 1040. The molecule has 0 N–H and O–H groups in total. The molecule has 0 spiro atoms. The van der Waals surface area contributed by atoms with Crippen molar-refractivity contribution in [2.75, 3.05) is 52.6 Å². The van der Waals surface area contributed by atoms with Crippen LogP contribution in [-0.4, -0.2) is 89.6 Å². The number of benzene rings is 1. The van der Waals surface area contributed by atoms with Gasteiger partial charge in [0, 0.05) is 44.3 Å². The fourth-order valence-corrected chi connectivity index (χ4v) is 4.55. The van der Waals surface area contributed by atoms with Gasteiger partial charge in [0.1, 0.15) is 18.0 Å². The zero-order chi connectivity index (χ0) is 24.8. The molecule has 2 amide bonds. The van der Waals surface area contributed by atoms with E-state index in [-0.39, 0.29) is 24.8 Å². The maximum absolute atomic E-state index is 13.2. The third-order valence-electron chi connectivity index (χ3n) is 6.46. The predicted octanol–water partition coefficient (Wildman–Crippen LogP) is 2.24. The quantitative estimate of drug-likeness (QED) is 0.548. The van der Waals surface area contributed by atoms with Crippen LogP contribution in [0, 0.1) is 6.92 Å². The molecular formula is C25H33ClN4O5. The first-order chi connectivity index (χ1) is 16.8. The Balaban J connectivity index is 1.46. The van der Waals surface area contributed by atoms with Crippen molar-refractivity contribution in [3.05, 3.63) is 46.7 Å². The lowest BCUT2D eigenvalue weighted by Gasteiger charge is -2.43. The minimum Gasteiger partial charge on any atom is -0.490 e. The number of nitrogens with zero attached hydrogens (tertiary/aromatic N) is 4. The lowest BCUT2D eigenvalue weighted by atomic mass is 9.96. The van der Waals surface area contributed by atoms with Crippen molar-refractivity contribution in [3.63, 3.8) is 0 Å². The van der Waals surface area contributed by atoms with Crippen LogP contribution in [0.15, 0.2) is 30.6 Å². The second-order valence-corrected chi connectivity index (χ2v) is 9.65. The second-order valence-electron chi connectivity index (χ2n) is 9.24. The van der Waals surface area contributed by atoms with Crippen LogP contribution in [0.25, 0.3) is 0 Å². The van der Waals surface area contributed by atoms with E-state index in [4.69, 9.17) is 25.8 Å². The molecule has 1 atom stereocenters. The molecule has 0 radical (unpaired) electrons. The van der Waals surface area contributed by atoms with Crippen LogP contribution in [0.3, 0.4) is 0 Å². The molecule has 0 aliphatic carbocycles. The fraction of sp³-hybridized carbons (Fsp3) is 0.560. The SMILES string of the molecule is Cc1cc(OC[C@]2(CC(=O)N3CCOCC3)CN(C(=O)CCc3cnn(C)c3)CCO2)ccc1Cl. The van der Waals surface area contributed by atoms with Gasteiger partial charge in [0.25, 0.3) is 0 Å². The predicted molar refractivity (Wildman–Crippen MR) is 130 cm³/mol. The van der Waals surface area contributed by atoms with Crippen molar-refractivity contribution >= 4 is 23.4 Å². The van der Waals surface area contributed by atoms with E-state index in [9.17, 15) is 9.59 Å². The van der Waals surface area contributed by atoms with Crippen molar-refractivity contribution in [2.45, 2.75) is 31.8 Å². The number of ether oxygens (including phenoxy) is 3. The molecule has 2 fully saturated rings. The number of hydrogen-bond acceptors (Lipinski definition) is 6. The zero-order valence-corrected chi connectivity index (χ0v) is 21.1. The normalized spacial score (nSPS) is 20.7. The molecule has 10 heteroatoms. The summed E-state index contributed by atoms with van der Waals surface area (Å²) >= 11 is 6.15. The number of rotatable bonds is 8. The molecule has 9 nitrogen and oxygen atoms in total. The van der Waals surface area contributed by atoms with Crippen molar-refractivity contribution in [1.82, 2.24) is 19.6 Å².